The van der Waals surface area contributed by atoms with Crippen LogP contribution in [0.4, 0.5) is 0 Å². The summed E-state index contributed by atoms with van der Waals surface area (Å²) in [6.45, 7) is 3.57. The molecule has 0 aliphatic heterocycles. The monoisotopic (exact) mass is 418 g/mol. The molecule has 2 aromatic carbocycles. The van der Waals surface area contributed by atoms with E-state index in [0.717, 1.165) is 57.6 Å². The van der Waals surface area contributed by atoms with Crippen LogP contribution in [0.2, 0.25) is 0 Å². The number of ether oxygens (including phenoxy) is 1. The minimum absolute atomic E-state index is 0.182. The van der Waals surface area contributed by atoms with Crippen LogP contribution in [0.1, 0.15) is 49.7 Å². The van der Waals surface area contributed by atoms with E-state index >= 15 is 0 Å². The molecule has 0 aliphatic carbocycles. The summed E-state index contributed by atoms with van der Waals surface area (Å²) in [5.74, 6) is 0. The van der Waals surface area contributed by atoms with Gasteiger partial charge in [0.1, 0.15) is 0 Å². The van der Waals surface area contributed by atoms with Crippen molar-refractivity contribution in [2.75, 3.05) is 19.8 Å². The lowest BCUT2D eigenvalue weighted by molar-refractivity contribution is 0.126. The molecule has 29 heavy (non-hydrogen) atoms. The highest BCUT2D eigenvalue weighted by atomic mass is 32.2. The van der Waals surface area contributed by atoms with Gasteiger partial charge in [-0.05, 0) is 61.9 Å². The molecule has 2 aromatic rings. The fourth-order valence-corrected chi connectivity index (χ4v) is 3.73. The van der Waals surface area contributed by atoms with E-state index in [1.807, 2.05) is 12.1 Å². The summed E-state index contributed by atoms with van der Waals surface area (Å²) < 4.78 is 28.5. The molecule has 0 spiro atoms. The van der Waals surface area contributed by atoms with Gasteiger partial charge in [-0.3, -0.25) is 0 Å². The number of sulfonamides is 1. The Morgan fingerprint density at radius 1 is 0.793 bits per heavy atom. The first kappa shape index (κ1) is 23.5. The van der Waals surface area contributed by atoms with Crippen molar-refractivity contribution in [3.63, 3.8) is 0 Å². The summed E-state index contributed by atoms with van der Waals surface area (Å²) in [5.41, 5.74) is 2.33. The van der Waals surface area contributed by atoms with Crippen LogP contribution >= 0.6 is 0 Å². The Morgan fingerprint density at radius 3 is 2.24 bits per heavy atom. The fraction of sp³-hybridized carbons (Fsp3) is 0.478. The van der Waals surface area contributed by atoms with Gasteiger partial charge < -0.3 is 10.1 Å². The molecular weight excluding hydrogens is 384 g/mol. The van der Waals surface area contributed by atoms with Crippen molar-refractivity contribution in [3.8, 4) is 0 Å². The average Bonchev–Trinajstić information content (AvgIpc) is 2.72. The van der Waals surface area contributed by atoms with Crippen molar-refractivity contribution in [2.24, 2.45) is 5.14 Å². The number of nitrogens with one attached hydrogen (secondary N) is 1. The number of hydrogen-bond donors (Lipinski definition) is 2. The highest BCUT2D eigenvalue weighted by molar-refractivity contribution is 7.89. The van der Waals surface area contributed by atoms with Crippen molar-refractivity contribution in [1.29, 1.82) is 0 Å². The standard InChI is InChI=1S/C23H34N2O3S/c24-29(26,27)23-15-10-14-21(19-23)11-6-9-18-28-17-8-2-1-7-16-25-20-22-12-4-3-5-13-22/h3-5,10,12-15,19,25H,1-2,6-9,11,16-18,20H2,(H2,24,26,27). The Labute approximate surface area is 175 Å². The van der Waals surface area contributed by atoms with Gasteiger partial charge in [-0.15, -0.1) is 0 Å². The predicted octanol–water partition coefficient (Wildman–Crippen LogP) is 4.02. The van der Waals surface area contributed by atoms with Crippen LogP contribution in [0.15, 0.2) is 59.5 Å². The first-order chi connectivity index (χ1) is 14.1. The van der Waals surface area contributed by atoms with Crippen molar-refractivity contribution in [3.05, 3.63) is 65.7 Å². The maximum atomic E-state index is 11.4. The third-order valence-corrected chi connectivity index (χ3v) is 5.71. The first-order valence-electron chi connectivity index (χ1n) is 10.5. The summed E-state index contributed by atoms with van der Waals surface area (Å²) in [6.07, 6.45) is 7.52. The van der Waals surface area contributed by atoms with E-state index in [4.69, 9.17) is 9.88 Å². The third kappa shape index (κ3) is 10.6. The molecule has 2 rings (SSSR count). The number of benzene rings is 2. The molecule has 0 saturated heterocycles. The second kappa shape index (κ2) is 13.5. The third-order valence-electron chi connectivity index (χ3n) is 4.80. The highest BCUT2D eigenvalue weighted by Crippen LogP contribution is 2.12. The SMILES string of the molecule is NS(=O)(=O)c1cccc(CCCCOCCCCCCNCc2ccccc2)c1. The molecule has 6 heteroatoms. The molecule has 3 N–H and O–H groups in total. The van der Waals surface area contributed by atoms with Crippen LogP contribution in [-0.4, -0.2) is 28.2 Å². The zero-order chi connectivity index (χ0) is 20.8. The van der Waals surface area contributed by atoms with E-state index in [2.05, 4.69) is 29.6 Å². The highest BCUT2D eigenvalue weighted by Gasteiger charge is 2.07. The van der Waals surface area contributed by atoms with E-state index in [0.29, 0.717) is 0 Å². The Balaban J connectivity index is 1.39. The molecule has 160 valence electrons. The van der Waals surface area contributed by atoms with Crippen molar-refractivity contribution in [2.45, 2.75) is 56.4 Å². The Morgan fingerprint density at radius 2 is 1.48 bits per heavy atom. The van der Waals surface area contributed by atoms with Gasteiger partial charge in [0, 0.05) is 19.8 Å². The second-order valence-electron chi connectivity index (χ2n) is 7.34. The number of hydrogen-bond acceptors (Lipinski definition) is 4. The van der Waals surface area contributed by atoms with E-state index in [-0.39, 0.29) is 4.90 Å². The summed E-state index contributed by atoms with van der Waals surface area (Å²) in [7, 11) is -3.62. The zero-order valence-electron chi connectivity index (χ0n) is 17.2. The predicted molar refractivity (Wildman–Crippen MR) is 118 cm³/mol. The van der Waals surface area contributed by atoms with Gasteiger partial charge >= 0.3 is 0 Å². The Bertz CT molecular complexity index is 795. The van der Waals surface area contributed by atoms with Gasteiger partial charge in [-0.2, -0.15) is 0 Å². The number of nitrogens with two attached hydrogens (primary N) is 1. The van der Waals surface area contributed by atoms with E-state index < -0.39 is 10.0 Å². The van der Waals surface area contributed by atoms with Gasteiger partial charge in [0.05, 0.1) is 4.90 Å². The van der Waals surface area contributed by atoms with E-state index in [1.165, 1.54) is 30.9 Å². The Hall–Kier alpha value is -1.73. The van der Waals surface area contributed by atoms with Gasteiger partial charge in [0.25, 0.3) is 0 Å². The molecule has 0 amide bonds. The molecule has 0 atom stereocenters. The second-order valence-corrected chi connectivity index (χ2v) is 8.90. The van der Waals surface area contributed by atoms with Crippen LogP contribution in [0, 0.1) is 0 Å². The van der Waals surface area contributed by atoms with Gasteiger partial charge in [0.2, 0.25) is 10.0 Å². The van der Waals surface area contributed by atoms with E-state index in [9.17, 15) is 8.42 Å². The summed E-state index contributed by atoms with van der Waals surface area (Å²) in [5, 5.41) is 8.65. The maximum absolute atomic E-state index is 11.4. The van der Waals surface area contributed by atoms with Crippen molar-refractivity contribution >= 4 is 10.0 Å². The molecule has 0 heterocycles. The minimum Gasteiger partial charge on any atom is -0.381 e. The van der Waals surface area contributed by atoms with Crippen LogP contribution in [0.5, 0.6) is 0 Å². The van der Waals surface area contributed by atoms with Crippen molar-refractivity contribution in [1.82, 2.24) is 5.32 Å². The molecule has 5 nitrogen and oxygen atoms in total. The summed E-state index contributed by atoms with van der Waals surface area (Å²) in [4.78, 5) is 0.182. The van der Waals surface area contributed by atoms with E-state index in [1.54, 1.807) is 12.1 Å². The minimum atomic E-state index is -3.62. The quantitative estimate of drug-likeness (QED) is 0.428. The summed E-state index contributed by atoms with van der Waals surface area (Å²) in [6, 6.07) is 17.3. The van der Waals surface area contributed by atoms with Gasteiger partial charge in [0.15, 0.2) is 0 Å². The lowest BCUT2D eigenvalue weighted by Crippen LogP contribution is -2.14. The molecule has 0 unspecified atom stereocenters. The van der Waals surface area contributed by atoms with Crippen molar-refractivity contribution < 1.29 is 13.2 Å². The number of unbranched alkanes of at least 4 members (excludes halogenated alkanes) is 4. The topological polar surface area (TPSA) is 81.4 Å². The smallest absolute Gasteiger partial charge is 0.238 e. The maximum Gasteiger partial charge on any atom is 0.238 e. The molecule has 0 saturated carbocycles. The number of rotatable bonds is 15. The lowest BCUT2D eigenvalue weighted by Gasteiger charge is -2.07. The molecule has 0 aliphatic rings. The van der Waals surface area contributed by atoms with Gasteiger partial charge in [-0.1, -0.05) is 55.3 Å². The molecule has 0 radical (unpaired) electrons. The molecule has 0 fully saturated rings. The Kier molecular flexibility index (Phi) is 11.0. The van der Waals surface area contributed by atoms with Crippen LogP contribution in [0.25, 0.3) is 0 Å². The lowest BCUT2D eigenvalue weighted by atomic mass is 10.1. The zero-order valence-corrected chi connectivity index (χ0v) is 18.0. The van der Waals surface area contributed by atoms with Gasteiger partial charge in [-0.25, -0.2) is 13.6 Å². The largest absolute Gasteiger partial charge is 0.381 e. The summed E-state index contributed by atoms with van der Waals surface area (Å²) >= 11 is 0. The molecule has 0 aromatic heterocycles. The normalized spacial score (nSPS) is 11.6. The van der Waals surface area contributed by atoms with Crippen LogP contribution < -0.4 is 10.5 Å². The molecule has 0 bridgehead atoms. The van der Waals surface area contributed by atoms with Crippen LogP contribution in [0.3, 0.4) is 0 Å². The fourth-order valence-electron chi connectivity index (χ4n) is 3.15. The first-order valence-corrected chi connectivity index (χ1v) is 12.0. The number of primary sulfonamides is 1. The molecular formula is C23H34N2O3S. The van der Waals surface area contributed by atoms with Crippen LogP contribution in [-0.2, 0) is 27.7 Å². The number of aryl methyl sites for hydroxylation is 1. The average molecular weight is 419 g/mol.